The van der Waals surface area contributed by atoms with Crippen LogP contribution >= 0.6 is 11.6 Å². The van der Waals surface area contributed by atoms with Crippen molar-refractivity contribution in [3.63, 3.8) is 0 Å². The number of methoxy groups -OCH3 is 1. The smallest absolute Gasteiger partial charge is 0.241 e. The average molecular weight is 297 g/mol. The number of ether oxygens (including phenoxy) is 1. The number of halogens is 1. The summed E-state index contributed by atoms with van der Waals surface area (Å²) in [6.45, 7) is 3.20. The summed E-state index contributed by atoms with van der Waals surface area (Å²) >= 11 is 6.05. The van der Waals surface area contributed by atoms with Crippen molar-refractivity contribution in [2.24, 2.45) is 0 Å². The molecule has 20 heavy (non-hydrogen) atoms. The van der Waals surface area contributed by atoms with Gasteiger partial charge in [0.25, 0.3) is 0 Å². The molecule has 1 aromatic rings. The van der Waals surface area contributed by atoms with Crippen LogP contribution in [0.25, 0.3) is 0 Å². The normalized spacial score (nSPS) is 22.6. The Morgan fingerprint density at radius 1 is 1.45 bits per heavy atom. The van der Waals surface area contributed by atoms with Crippen molar-refractivity contribution < 1.29 is 9.53 Å². The fourth-order valence-corrected chi connectivity index (χ4v) is 2.76. The van der Waals surface area contributed by atoms with Gasteiger partial charge in [0.1, 0.15) is 6.17 Å². The number of rotatable bonds is 6. The van der Waals surface area contributed by atoms with E-state index in [1.54, 1.807) is 7.11 Å². The lowest BCUT2D eigenvalue weighted by molar-refractivity contribution is -0.130. The highest BCUT2D eigenvalue weighted by molar-refractivity contribution is 6.30. The van der Waals surface area contributed by atoms with Gasteiger partial charge in [0.2, 0.25) is 5.91 Å². The van der Waals surface area contributed by atoms with E-state index in [-0.39, 0.29) is 18.1 Å². The molecule has 1 amide bonds. The van der Waals surface area contributed by atoms with Gasteiger partial charge in [-0.25, -0.2) is 0 Å². The van der Waals surface area contributed by atoms with Crippen LogP contribution in [0.1, 0.15) is 31.5 Å². The monoisotopic (exact) mass is 296 g/mol. The molecular weight excluding hydrogens is 276 g/mol. The highest BCUT2D eigenvalue weighted by Gasteiger charge is 2.38. The minimum Gasteiger partial charge on any atom is -0.383 e. The molecule has 1 aliphatic heterocycles. The van der Waals surface area contributed by atoms with E-state index in [9.17, 15) is 4.79 Å². The number of carbonyl (C=O) groups excluding carboxylic acids is 1. The Kier molecular flexibility index (Phi) is 5.40. The molecule has 2 atom stereocenters. The molecule has 2 unspecified atom stereocenters. The lowest BCUT2D eigenvalue weighted by Gasteiger charge is -2.24. The number of hydrogen-bond donors (Lipinski definition) is 1. The van der Waals surface area contributed by atoms with Gasteiger partial charge in [-0.05, 0) is 24.1 Å². The second-order valence-corrected chi connectivity index (χ2v) is 5.43. The van der Waals surface area contributed by atoms with E-state index in [0.717, 1.165) is 18.4 Å². The predicted molar refractivity (Wildman–Crippen MR) is 79.6 cm³/mol. The van der Waals surface area contributed by atoms with E-state index in [4.69, 9.17) is 16.3 Å². The topological polar surface area (TPSA) is 41.6 Å². The number of benzene rings is 1. The summed E-state index contributed by atoms with van der Waals surface area (Å²) in [4.78, 5) is 14.3. The van der Waals surface area contributed by atoms with Crippen molar-refractivity contribution in [2.45, 2.75) is 32.0 Å². The van der Waals surface area contributed by atoms with Crippen molar-refractivity contribution in [2.75, 3.05) is 20.3 Å². The zero-order valence-electron chi connectivity index (χ0n) is 11.9. The van der Waals surface area contributed by atoms with E-state index in [1.807, 2.05) is 29.2 Å². The van der Waals surface area contributed by atoms with Crippen LogP contribution in [0.4, 0.5) is 0 Å². The molecule has 1 heterocycles. The van der Waals surface area contributed by atoms with Gasteiger partial charge >= 0.3 is 0 Å². The third-order valence-corrected chi connectivity index (χ3v) is 3.77. The van der Waals surface area contributed by atoms with Gasteiger partial charge in [-0.1, -0.05) is 37.1 Å². The van der Waals surface area contributed by atoms with Crippen molar-refractivity contribution in [1.82, 2.24) is 10.2 Å². The maximum atomic E-state index is 12.4. The van der Waals surface area contributed by atoms with Crippen molar-refractivity contribution in [3.05, 3.63) is 34.9 Å². The van der Waals surface area contributed by atoms with Gasteiger partial charge in [-0.2, -0.15) is 0 Å². The fraction of sp³-hybridized carbons (Fsp3) is 0.533. The van der Waals surface area contributed by atoms with Crippen LogP contribution < -0.4 is 5.32 Å². The summed E-state index contributed by atoms with van der Waals surface area (Å²) < 4.78 is 5.11. The van der Waals surface area contributed by atoms with Gasteiger partial charge in [0.15, 0.2) is 0 Å². The number of amides is 1. The molecule has 0 aromatic heterocycles. The van der Waals surface area contributed by atoms with Gasteiger partial charge < -0.3 is 9.64 Å². The van der Waals surface area contributed by atoms with E-state index in [1.165, 1.54) is 0 Å². The summed E-state index contributed by atoms with van der Waals surface area (Å²) in [6.07, 6.45) is 1.70. The third-order valence-electron chi connectivity index (χ3n) is 3.53. The van der Waals surface area contributed by atoms with Gasteiger partial charge in [-0.15, -0.1) is 0 Å². The Balaban J connectivity index is 2.21. The first-order valence-corrected chi connectivity index (χ1v) is 7.36. The molecule has 110 valence electrons. The SMILES string of the molecule is CCCC1NC(c2cccc(Cl)c2)N(CCOC)C1=O. The zero-order chi connectivity index (χ0) is 14.5. The first kappa shape index (κ1) is 15.3. The summed E-state index contributed by atoms with van der Waals surface area (Å²) in [5.74, 6) is 0.147. The largest absolute Gasteiger partial charge is 0.383 e. The maximum absolute atomic E-state index is 12.4. The fourth-order valence-electron chi connectivity index (χ4n) is 2.56. The highest BCUT2D eigenvalue weighted by atomic mass is 35.5. The third kappa shape index (κ3) is 3.32. The number of nitrogens with zero attached hydrogens (tertiary/aromatic N) is 1. The standard InChI is InChI=1S/C15H21ClN2O2/c1-3-5-13-15(19)18(8-9-20-2)14(17-13)11-6-4-7-12(16)10-11/h4,6-7,10,13-14,17H,3,5,8-9H2,1-2H3. The van der Waals surface area contributed by atoms with E-state index in [2.05, 4.69) is 12.2 Å². The van der Waals surface area contributed by atoms with Crippen molar-refractivity contribution in [1.29, 1.82) is 0 Å². The molecule has 0 radical (unpaired) electrons. The number of nitrogens with one attached hydrogen (secondary N) is 1. The van der Waals surface area contributed by atoms with Crippen molar-refractivity contribution in [3.8, 4) is 0 Å². The minimum absolute atomic E-state index is 0.110. The highest BCUT2D eigenvalue weighted by Crippen LogP contribution is 2.28. The molecule has 1 saturated heterocycles. The first-order valence-electron chi connectivity index (χ1n) is 6.98. The number of hydrogen-bond acceptors (Lipinski definition) is 3. The Hall–Kier alpha value is -1.10. The molecule has 2 rings (SSSR count). The average Bonchev–Trinajstić information content (AvgIpc) is 2.74. The molecule has 1 fully saturated rings. The molecule has 0 saturated carbocycles. The maximum Gasteiger partial charge on any atom is 0.241 e. The summed E-state index contributed by atoms with van der Waals surface area (Å²) in [7, 11) is 1.64. The van der Waals surface area contributed by atoms with Crippen LogP contribution in [0.3, 0.4) is 0 Å². The van der Waals surface area contributed by atoms with Crippen LogP contribution in [0, 0.1) is 0 Å². The Bertz CT molecular complexity index is 467. The molecule has 0 spiro atoms. The van der Waals surface area contributed by atoms with E-state index in [0.29, 0.717) is 18.2 Å². The first-order chi connectivity index (χ1) is 9.67. The van der Waals surface area contributed by atoms with Crippen molar-refractivity contribution >= 4 is 17.5 Å². The van der Waals surface area contributed by atoms with Crippen LogP contribution in [-0.4, -0.2) is 37.1 Å². The summed E-state index contributed by atoms with van der Waals surface area (Å²) in [5.41, 5.74) is 1.01. The van der Waals surface area contributed by atoms with Crippen LogP contribution in [0.2, 0.25) is 5.02 Å². The van der Waals surface area contributed by atoms with Crippen LogP contribution in [0.15, 0.2) is 24.3 Å². The summed E-state index contributed by atoms with van der Waals surface area (Å²) in [6, 6.07) is 7.53. The summed E-state index contributed by atoms with van der Waals surface area (Å²) in [5, 5.41) is 4.09. The minimum atomic E-state index is -0.118. The molecule has 1 aromatic carbocycles. The Morgan fingerprint density at radius 3 is 2.90 bits per heavy atom. The van der Waals surface area contributed by atoms with Gasteiger partial charge in [0.05, 0.1) is 12.6 Å². The predicted octanol–water partition coefficient (Wildman–Crippen LogP) is 2.59. The van der Waals surface area contributed by atoms with E-state index >= 15 is 0 Å². The molecule has 1 aliphatic rings. The molecule has 5 heteroatoms. The quantitative estimate of drug-likeness (QED) is 0.877. The lowest BCUT2D eigenvalue weighted by atomic mass is 10.1. The zero-order valence-corrected chi connectivity index (χ0v) is 12.7. The lowest BCUT2D eigenvalue weighted by Crippen LogP contribution is -2.33. The van der Waals surface area contributed by atoms with Crippen LogP contribution in [0.5, 0.6) is 0 Å². The Labute approximate surface area is 125 Å². The molecular formula is C15H21ClN2O2. The molecule has 1 N–H and O–H groups in total. The van der Waals surface area contributed by atoms with Gasteiger partial charge in [0, 0.05) is 18.7 Å². The molecule has 4 nitrogen and oxygen atoms in total. The molecule has 0 bridgehead atoms. The van der Waals surface area contributed by atoms with Crippen LogP contribution in [-0.2, 0) is 9.53 Å². The molecule has 0 aliphatic carbocycles. The number of carbonyl (C=O) groups is 1. The van der Waals surface area contributed by atoms with E-state index < -0.39 is 0 Å². The Morgan fingerprint density at radius 2 is 2.25 bits per heavy atom. The second kappa shape index (κ2) is 7.07. The van der Waals surface area contributed by atoms with Gasteiger partial charge in [-0.3, -0.25) is 10.1 Å². The second-order valence-electron chi connectivity index (χ2n) is 4.99.